The minimum Gasteiger partial charge on any atom is -0.299 e. The molecule has 0 unspecified atom stereocenters. The number of nitrogens with zero attached hydrogens (tertiary/aromatic N) is 2. The summed E-state index contributed by atoms with van der Waals surface area (Å²) in [6, 6.07) is 15.7. The summed E-state index contributed by atoms with van der Waals surface area (Å²) in [4.78, 5) is 5.22. The Morgan fingerprint density at radius 1 is 1.13 bits per heavy atom. The molecule has 1 saturated heterocycles. The van der Waals surface area contributed by atoms with Crippen molar-refractivity contribution < 1.29 is 0 Å². The fourth-order valence-electron chi connectivity index (χ4n) is 3.24. The lowest BCUT2D eigenvalue weighted by atomic mass is 9.78. The molecule has 2 heterocycles. The fraction of sp³-hybridized carbons (Fsp3) is 0.450. The van der Waals surface area contributed by atoms with Crippen LogP contribution in [0.5, 0.6) is 0 Å². The van der Waals surface area contributed by atoms with Crippen molar-refractivity contribution in [1.29, 1.82) is 5.26 Å². The van der Waals surface area contributed by atoms with E-state index in [1.807, 2.05) is 11.3 Å². The van der Waals surface area contributed by atoms with Crippen LogP contribution in [0.3, 0.4) is 0 Å². The zero-order valence-corrected chi connectivity index (χ0v) is 14.8. The number of thiophene rings is 1. The molecule has 0 radical (unpaired) electrons. The molecule has 23 heavy (non-hydrogen) atoms. The predicted molar refractivity (Wildman–Crippen MR) is 97.3 cm³/mol. The van der Waals surface area contributed by atoms with Gasteiger partial charge in [0.2, 0.25) is 0 Å². The second kappa shape index (κ2) is 6.86. The molecule has 1 aliphatic heterocycles. The van der Waals surface area contributed by atoms with Crippen molar-refractivity contribution in [1.82, 2.24) is 4.90 Å². The molecule has 3 rings (SSSR count). The highest BCUT2D eigenvalue weighted by Crippen LogP contribution is 2.34. The second-order valence-corrected chi connectivity index (χ2v) is 8.32. The molecule has 0 N–H and O–H groups in total. The maximum absolute atomic E-state index is 8.94. The van der Waals surface area contributed by atoms with Gasteiger partial charge in [-0.25, -0.2) is 0 Å². The largest absolute Gasteiger partial charge is 0.299 e. The van der Waals surface area contributed by atoms with Crippen molar-refractivity contribution in [3.8, 4) is 16.5 Å². The lowest BCUT2D eigenvalue weighted by Crippen LogP contribution is -2.38. The highest BCUT2D eigenvalue weighted by Gasteiger charge is 2.29. The molecule has 1 aliphatic rings. The van der Waals surface area contributed by atoms with Gasteiger partial charge in [-0.2, -0.15) is 5.26 Å². The molecule has 1 aromatic heterocycles. The van der Waals surface area contributed by atoms with E-state index in [2.05, 4.69) is 61.2 Å². The summed E-state index contributed by atoms with van der Waals surface area (Å²) in [6.45, 7) is 7.63. The molecule has 0 atom stereocenters. The summed E-state index contributed by atoms with van der Waals surface area (Å²) in [5.74, 6) is 0. The number of rotatable bonds is 4. The number of hydrogen-bond donors (Lipinski definition) is 0. The second-order valence-electron chi connectivity index (χ2n) is 7.03. The molecular formula is C20H24N2S. The molecule has 1 aromatic carbocycles. The summed E-state index contributed by atoms with van der Waals surface area (Å²) in [6.07, 6.45) is 2.95. The Hall–Kier alpha value is -1.63. The Morgan fingerprint density at radius 2 is 1.83 bits per heavy atom. The fourth-order valence-corrected chi connectivity index (χ4v) is 4.11. The normalized spacial score (nSPS) is 17.8. The summed E-state index contributed by atoms with van der Waals surface area (Å²) in [7, 11) is 0. The Morgan fingerprint density at radius 3 is 2.39 bits per heavy atom. The molecule has 0 aliphatic carbocycles. The summed E-state index contributed by atoms with van der Waals surface area (Å²) < 4.78 is 0. The zero-order valence-electron chi connectivity index (χ0n) is 14.0. The van der Waals surface area contributed by atoms with E-state index in [0.717, 1.165) is 32.5 Å². The van der Waals surface area contributed by atoms with Crippen LogP contribution in [0.4, 0.5) is 0 Å². The number of benzene rings is 1. The molecule has 120 valence electrons. The minimum atomic E-state index is 0.228. The summed E-state index contributed by atoms with van der Waals surface area (Å²) in [5, 5.41) is 8.94. The number of piperidine rings is 1. The van der Waals surface area contributed by atoms with Gasteiger partial charge in [-0.1, -0.05) is 31.2 Å². The van der Waals surface area contributed by atoms with E-state index < -0.39 is 0 Å². The van der Waals surface area contributed by atoms with Crippen molar-refractivity contribution in [2.45, 2.75) is 39.7 Å². The van der Waals surface area contributed by atoms with Gasteiger partial charge >= 0.3 is 0 Å². The molecule has 0 amide bonds. The van der Waals surface area contributed by atoms with Gasteiger partial charge in [0.25, 0.3) is 0 Å². The van der Waals surface area contributed by atoms with Crippen LogP contribution in [0.2, 0.25) is 0 Å². The third-order valence-electron chi connectivity index (χ3n) is 4.95. The third kappa shape index (κ3) is 4.02. The van der Waals surface area contributed by atoms with Gasteiger partial charge in [0.05, 0.1) is 6.07 Å². The van der Waals surface area contributed by atoms with E-state index >= 15 is 0 Å². The van der Waals surface area contributed by atoms with Crippen molar-refractivity contribution in [2.24, 2.45) is 5.41 Å². The number of aryl methyl sites for hydroxylation is 1. The van der Waals surface area contributed by atoms with E-state index in [9.17, 15) is 0 Å². The van der Waals surface area contributed by atoms with Crippen LogP contribution < -0.4 is 0 Å². The van der Waals surface area contributed by atoms with Gasteiger partial charge in [-0.3, -0.25) is 4.90 Å². The first-order valence-electron chi connectivity index (χ1n) is 8.33. The molecule has 2 nitrogen and oxygen atoms in total. The molecule has 3 heteroatoms. The van der Waals surface area contributed by atoms with Gasteiger partial charge in [0, 0.05) is 22.7 Å². The van der Waals surface area contributed by atoms with Gasteiger partial charge in [0.15, 0.2) is 0 Å². The Labute approximate surface area is 143 Å². The average molecular weight is 324 g/mol. The molecule has 2 aromatic rings. The van der Waals surface area contributed by atoms with Crippen molar-refractivity contribution in [3.05, 3.63) is 46.8 Å². The maximum Gasteiger partial charge on any atom is 0.0627 e. The lowest BCUT2D eigenvalue weighted by Gasteiger charge is -2.38. The van der Waals surface area contributed by atoms with Crippen molar-refractivity contribution in [3.63, 3.8) is 0 Å². The predicted octanol–water partition coefficient (Wildman–Crippen LogP) is 5.24. The number of hydrogen-bond acceptors (Lipinski definition) is 3. The van der Waals surface area contributed by atoms with E-state index in [0.29, 0.717) is 6.42 Å². The van der Waals surface area contributed by atoms with E-state index in [1.165, 1.54) is 20.9 Å². The Kier molecular flexibility index (Phi) is 4.84. The maximum atomic E-state index is 8.94. The van der Waals surface area contributed by atoms with Gasteiger partial charge in [-0.15, -0.1) is 11.3 Å². The van der Waals surface area contributed by atoms with Crippen LogP contribution in [-0.4, -0.2) is 18.0 Å². The molecule has 1 fully saturated rings. The van der Waals surface area contributed by atoms with Crippen LogP contribution in [0.15, 0.2) is 36.4 Å². The molecule has 0 spiro atoms. The smallest absolute Gasteiger partial charge is 0.0627 e. The topological polar surface area (TPSA) is 27.0 Å². The van der Waals surface area contributed by atoms with E-state index in [-0.39, 0.29) is 5.41 Å². The molecule has 0 bridgehead atoms. The summed E-state index contributed by atoms with van der Waals surface area (Å²) >= 11 is 1.85. The highest BCUT2D eigenvalue weighted by molar-refractivity contribution is 7.15. The van der Waals surface area contributed by atoms with Crippen LogP contribution in [-0.2, 0) is 6.54 Å². The first-order valence-corrected chi connectivity index (χ1v) is 9.15. The van der Waals surface area contributed by atoms with Crippen LogP contribution >= 0.6 is 11.3 Å². The highest BCUT2D eigenvalue weighted by atomic mass is 32.1. The lowest BCUT2D eigenvalue weighted by molar-refractivity contribution is 0.116. The van der Waals surface area contributed by atoms with Crippen molar-refractivity contribution >= 4 is 11.3 Å². The molecule has 0 saturated carbocycles. The SMILES string of the molecule is Cc1ccc(-c2ccc(CN3CCC(C)(CC#N)CC3)cc2)s1. The van der Waals surface area contributed by atoms with Gasteiger partial charge in [0.1, 0.15) is 0 Å². The number of likely N-dealkylation sites (tertiary alicyclic amines) is 1. The number of nitriles is 1. The Bertz CT molecular complexity index is 685. The first kappa shape index (κ1) is 16.2. The van der Waals surface area contributed by atoms with Crippen molar-refractivity contribution in [2.75, 3.05) is 13.1 Å². The van der Waals surface area contributed by atoms with Gasteiger partial charge in [-0.05, 0) is 61.5 Å². The monoisotopic (exact) mass is 324 g/mol. The summed E-state index contributed by atoms with van der Waals surface area (Å²) in [5.41, 5.74) is 2.92. The first-order chi connectivity index (χ1) is 11.1. The quantitative estimate of drug-likeness (QED) is 0.769. The minimum absolute atomic E-state index is 0.228. The zero-order chi connectivity index (χ0) is 16.3. The van der Waals surface area contributed by atoms with Gasteiger partial charge < -0.3 is 0 Å². The Balaban J connectivity index is 1.58. The van der Waals surface area contributed by atoms with Crippen LogP contribution in [0.25, 0.3) is 10.4 Å². The third-order valence-corrected chi connectivity index (χ3v) is 6.00. The molecular weight excluding hydrogens is 300 g/mol. The average Bonchev–Trinajstić information content (AvgIpc) is 2.97. The van der Waals surface area contributed by atoms with E-state index in [4.69, 9.17) is 5.26 Å². The van der Waals surface area contributed by atoms with E-state index in [1.54, 1.807) is 0 Å². The van der Waals surface area contributed by atoms with Crippen LogP contribution in [0, 0.1) is 23.7 Å². The van der Waals surface area contributed by atoms with Crippen LogP contribution in [0.1, 0.15) is 36.6 Å². The standard InChI is InChI=1S/C20H24N2S/c1-16-3-8-19(23-16)18-6-4-17(5-7-18)15-22-13-10-20(2,9-12-21)11-14-22/h3-8H,9-11,13-15H2,1-2H3.